The van der Waals surface area contributed by atoms with Gasteiger partial charge in [-0.2, -0.15) is 0 Å². The molecule has 3 rings (SSSR count). The van der Waals surface area contributed by atoms with Crippen LogP contribution in [0.15, 0.2) is 54.6 Å². The summed E-state index contributed by atoms with van der Waals surface area (Å²) in [5.74, 6) is 0.424. The lowest BCUT2D eigenvalue weighted by molar-refractivity contribution is -0.119. The summed E-state index contributed by atoms with van der Waals surface area (Å²) in [4.78, 5) is 17.6. The SMILES string of the molecule is CN(Cc1ccccc1)C1CCCCCC1N(C(=O)CCCl)c1ccc(Cl)cc1. The Balaban J connectivity index is 1.90. The number of carbonyl (C=O) groups excluding carboxylic acids is 1. The van der Waals surface area contributed by atoms with Crippen LogP contribution in [0.2, 0.25) is 5.02 Å². The van der Waals surface area contributed by atoms with E-state index in [0.717, 1.165) is 31.5 Å². The monoisotopic (exact) mass is 432 g/mol. The summed E-state index contributed by atoms with van der Waals surface area (Å²) in [5.41, 5.74) is 2.21. The van der Waals surface area contributed by atoms with Gasteiger partial charge in [0.05, 0.1) is 6.04 Å². The fourth-order valence-corrected chi connectivity index (χ4v) is 4.68. The molecule has 3 nitrogen and oxygen atoms in total. The molecule has 1 aliphatic rings. The third-order valence-electron chi connectivity index (χ3n) is 5.80. The quantitative estimate of drug-likeness (QED) is 0.387. The van der Waals surface area contributed by atoms with Gasteiger partial charge in [0, 0.05) is 35.6 Å². The van der Waals surface area contributed by atoms with Crippen LogP contribution in [0.25, 0.3) is 0 Å². The van der Waals surface area contributed by atoms with Crippen LogP contribution in [0.5, 0.6) is 0 Å². The molecule has 156 valence electrons. The van der Waals surface area contributed by atoms with Crippen molar-refractivity contribution in [2.24, 2.45) is 0 Å². The Morgan fingerprint density at radius 3 is 2.28 bits per heavy atom. The molecule has 1 fully saturated rings. The van der Waals surface area contributed by atoms with Gasteiger partial charge in [0.25, 0.3) is 0 Å². The van der Waals surface area contributed by atoms with Gasteiger partial charge in [-0.3, -0.25) is 9.69 Å². The molecule has 0 radical (unpaired) electrons. The molecule has 0 N–H and O–H groups in total. The third-order valence-corrected chi connectivity index (χ3v) is 6.24. The summed E-state index contributed by atoms with van der Waals surface area (Å²) < 4.78 is 0. The number of hydrogen-bond acceptors (Lipinski definition) is 2. The van der Waals surface area contributed by atoms with Crippen molar-refractivity contribution in [3.8, 4) is 0 Å². The van der Waals surface area contributed by atoms with Crippen molar-refractivity contribution in [3.05, 3.63) is 65.2 Å². The second kappa shape index (κ2) is 11.0. The number of nitrogens with zero attached hydrogens (tertiary/aromatic N) is 2. The molecule has 5 heteroatoms. The largest absolute Gasteiger partial charge is 0.308 e. The normalized spacial score (nSPS) is 19.7. The summed E-state index contributed by atoms with van der Waals surface area (Å²) in [7, 11) is 2.18. The van der Waals surface area contributed by atoms with Gasteiger partial charge in [0.1, 0.15) is 0 Å². The lowest BCUT2D eigenvalue weighted by Gasteiger charge is -2.40. The van der Waals surface area contributed by atoms with E-state index in [9.17, 15) is 4.79 Å². The molecule has 0 aromatic heterocycles. The second-order valence-electron chi connectivity index (χ2n) is 7.85. The topological polar surface area (TPSA) is 23.6 Å². The average Bonchev–Trinajstić information content (AvgIpc) is 2.97. The molecule has 0 spiro atoms. The zero-order valence-electron chi connectivity index (χ0n) is 17.1. The highest BCUT2D eigenvalue weighted by molar-refractivity contribution is 6.30. The van der Waals surface area contributed by atoms with Crippen molar-refractivity contribution in [1.29, 1.82) is 0 Å². The molecule has 2 atom stereocenters. The van der Waals surface area contributed by atoms with Crippen molar-refractivity contribution in [2.75, 3.05) is 17.8 Å². The predicted octanol–water partition coefficient (Wildman–Crippen LogP) is 6.14. The van der Waals surface area contributed by atoms with E-state index < -0.39 is 0 Å². The number of alkyl halides is 1. The average molecular weight is 433 g/mol. The highest BCUT2D eigenvalue weighted by Gasteiger charge is 2.34. The molecule has 2 aromatic carbocycles. The first-order valence-corrected chi connectivity index (χ1v) is 11.4. The van der Waals surface area contributed by atoms with E-state index in [0.29, 0.717) is 23.4 Å². The number of carbonyl (C=O) groups is 1. The van der Waals surface area contributed by atoms with E-state index in [1.165, 1.54) is 18.4 Å². The third kappa shape index (κ3) is 5.97. The molecular weight excluding hydrogens is 403 g/mol. The van der Waals surface area contributed by atoms with Gasteiger partial charge in [-0.05, 0) is 49.7 Å². The van der Waals surface area contributed by atoms with Gasteiger partial charge in [-0.1, -0.05) is 61.2 Å². The van der Waals surface area contributed by atoms with Gasteiger partial charge in [0.15, 0.2) is 0 Å². The Hall–Kier alpha value is -1.55. The van der Waals surface area contributed by atoms with Gasteiger partial charge < -0.3 is 4.90 Å². The van der Waals surface area contributed by atoms with Crippen LogP contribution in [0, 0.1) is 0 Å². The minimum absolute atomic E-state index is 0.0901. The van der Waals surface area contributed by atoms with Crippen LogP contribution < -0.4 is 4.90 Å². The van der Waals surface area contributed by atoms with E-state index in [1.54, 1.807) is 0 Å². The van der Waals surface area contributed by atoms with Crippen LogP contribution in [0.1, 0.15) is 44.1 Å². The van der Waals surface area contributed by atoms with Gasteiger partial charge in [-0.15, -0.1) is 11.6 Å². The summed E-state index contributed by atoms with van der Waals surface area (Å²) in [6.07, 6.45) is 5.98. The first kappa shape index (κ1) is 22.1. The van der Waals surface area contributed by atoms with Gasteiger partial charge in [0.2, 0.25) is 5.91 Å². The van der Waals surface area contributed by atoms with Crippen molar-refractivity contribution in [1.82, 2.24) is 4.90 Å². The van der Waals surface area contributed by atoms with Crippen LogP contribution in [-0.4, -0.2) is 35.8 Å². The molecule has 1 amide bonds. The molecule has 1 saturated carbocycles. The summed E-state index contributed by atoms with van der Waals surface area (Å²) in [5, 5.41) is 0.678. The lowest BCUT2D eigenvalue weighted by atomic mass is 9.97. The number of benzene rings is 2. The zero-order valence-corrected chi connectivity index (χ0v) is 18.6. The molecule has 0 bridgehead atoms. The van der Waals surface area contributed by atoms with Crippen LogP contribution in [0.3, 0.4) is 0 Å². The highest BCUT2D eigenvalue weighted by atomic mass is 35.5. The van der Waals surface area contributed by atoms with Crippen molar-refractivity contribution < 1.29 is 4.79 Å². The molecular formula is C24H30Cl2N2O. The Morgan fingerprint density at radius 1 is 0.966 bits per heavy atom. The summed E-state index contributed by atoms with van der Waals surface area (Å²) >= 11 is 12.1. The van der Waals surface area contributed by atoms with E-state index in [-0.39, 0.29) is 11.9 Å². The van der Waals surface area contributed by atoms with Gasteiger partial charge in [-0.25, -0.2) is 0 Å². The maximum absolute atomic E-state index is 13.2. The van der Waals surface area contributed by atoms with E-state index >= 15 is 0 Å². The Labute approximate surface area is 184 Å². The highest BCUT2D eigenvalue weighted by Crippen LogP contribution is 2.31. The molecule has 0 saturated heterocycles. The Morgan fingerprint density at radius 2 is 1.62 bits per heavy atom. The lowest BCUT2D eigenvalue weighted by Crippen LogP contribution is -2.52. The van der Waals surface area contributed by atoms with E-state index in [4.69, 9.17) is 23.2 Å². The summed E-state index contributed by atoms with van der Waals surface area (Å²) in [6, 6.07) is 18.6. The fourth-order valence-electron chi connectivity index (χ4n) is 4.40. The maximum atomic E-state index is 13.2. The molecule has 29 heavy (non-hydrogen) atoms. The van der Waals surface area contributed by atoms with Crippen molar-refractivity contribution in [2.45, 2.75) is 57.2 Å². The van der Waals surface area contributed by atoms with Crippen LogP contribution >= 0.6 is 23.2 Å². The number of halogens is 2. The number of rotatable bonds is 7. The van der Waals surface area contributed by atoms with Crippen LogP contribution in [0.4, 0.5) is 5.69 Å². The maximum Gasteiger partial charge on any atom is 0.228 e. The summed E-state index contributed by atoms with van der Waals surface area (Å²) in [6.45, 7) is 0.875. The molecule has 2 unspecified atom stereocenters. The first-order valence-electron chi connectivity index (χ1n) is 10.5. The molecule has 0 heterocycles. The van der Waals surface area contributed by atoms with Gasteiger partial charge >= 0.3 is 0 Å². The minimum Gasteiger partial charge on any atom is -0.308 e. The van der Waals surface area contributed by atoms with E-state index in [1.807, 2.05) is 35.2 Å². The number of amides is 1. The fraction of sp³-hybridized carbons (Fsp3) is 0.458. The smallest absolute Gasteiger partial charge is 0.228 e. The predicted molar refractivity (Wildman–Crippen MR) is 123 cm³/mol. The molecule has 2 aromatic rings. The number of likely N-dealkylation sites (N-methyl/N-ethyl adjacent to an activating group) is 1. The Bertz CT molecular complexity index is 766. The zero-order chi connectivity index (χ0) is 20.6. The molecule has 1 aliphatic carbocycles. The minimum atomic E-state index is 0.0901. The van der Waals surface area contributed by atoms with Crippen LogP contribution in [-0.2, 0) is 11.3 Å². The van der Waals surface area contributed by atoms with E-state index in [2.05, 4.69) is 36.2 Å². The molecule has 0 aliphatic heterocycles. The van der Waals surface area contributed by atoms with Crippen molar-refractivity contribution in [3.63, 3.8) is 0 Å². The number of hydrogen-bond donors (Lipinski definition) is 0. The second-order valence-corrected chi connectivity index (χ2v) is 8.67. The standard InChI is InChI=1S/C24H30Cl2N2O/c1-27(18-19-8-4-2-5-9-19)22-10-6-3-7-11-23(22)28(24(29)16-17-25)21-14-12-20(26)13-15-21/h2,4-5,8-9,12-15,22-23H,3,6-7,10-11,16-18H2,1H3. The Kier molecular flexibility index (Phi) is 8.40. The number of anilines is 1. The first-order chi connectivity index (χ1) is 14.1. The van der Waals surface area contributed by atoms with Crippen molar-refractivity contribution >= 4 is 34.8 Å².